The molecule has 1 amide bonds. The van der Waals surface area contributed by atoms with Gasteiger partial charge in [0.05, 0.1) is 0 Å². The van der Waals surface area contributed by atoms with Crippen molar-refractivity contribution < 1.29 is 18.0 Å². The van der Waals surface area contributed by atoms with Crippen molar-refractivity contribution in [3.8, 4) is 0 Å². The molecule has 0 spiro atoms. The van der Waals surface area contributed by atoms with Crippen molar-refractivity contribution in [1.29, 1.82) is 0 Å². The number of nitrogens with zero attached hydrogens (tertiary/aromatic N) is 1. The quantitative estimate of drug-likeness (QED) is 0.662. The number of allylic oxidation sites excluding steroid dienone is 1. The Morgan fingerprint density at radius 3 is 2.36 bits per heavy atom. The Bertz CT molecular complexity index is 549. The van der Waals surface area contributed by atoms with Crippen LogP contribution in [0.4, 0.5) is 18.9 Å². The first-order valence-electron chi connectivity index (χ1n) is 6.93. The zero-order chi connectivity index (χ0) is 16.2. The summed E-state index contributed by atoms with van der Waals surface area (Å²) in [5, 5.41) is 2.65. The van der Waals surface area contributed by atoms with Gasteiger partial charge in [0, 0.05) is 35.4 Å². The number of benzene rings is 1. The summed E-state index contributed by atoms with van der Waals surface area (Å²) in [4.78, 5) is 14.1. The number of thioether (sulfide) groups is 1. The number of carbonyl (C=O) groups is 1. The lowest BCUT2D eigenvalue weighted by molar-refractivity contribution is -0.112. The highest BCUT2D eigenvalue weighted by atomic mass is 32.2. The summed E-state index contributed by atoms with van der Waals surface area (Å²) in [7, 11) is 0. The molecule has 1 saturated heterocycles. The minimum atomic E-state index is -4.31. The highest BCUT2D eigenvalue weighted by molar-refractivity contribution is 8.00. The molecule has 0 atom stereocenters. The third-order valence-corrected chi connectivity index (χ3v) is 4.04. The maximum absolute atomic E-state index is 12.2. The van der Waals surface area contributed by atoms with E-state index in [4.69, 9.17) is 0 Å². The van der Waals surface area contributed by atoms with E-state index >= 15 is 0 Å². The molecular formula is C15H17F3N2OS. The van der Waals surface area contributed by atoms with Crippen LogP contribution in [0.1, 0.15) is 19.8 Å². The third kappa shape index (κ3) is 5.29. The van der Waals surface area contributed by atoms with Crippen molar-refractivity contribution in [2.45, 2.75) is 30.2 Å². The normalized spacial score (nSPS) is 16.0. The van der Waals surface area contributed by atoms with Crippen LogP contribution in [0.5, 0.6) is 0 Å². The van der Waals surface area contributed by atoms with Crippen molar-refractivity contribution in [3.05, 3.63) is 36.0 Å². The van der Waals surface area contributed by atoms with E-state index in [2.05, 4.69) is 10.2 Å². The lowest BCUT2D eigenvalue weighted by atomic mass is 10.3. The van der Waals surface area contributed by atoms with E-state index in [0.717, 1.165) is 31.6 Å². The second-order valence-electron chi connectivity index (χ2n) is 5.04. The average Bonchev–Trinajstić information content (AvgIpc) is 2.93. The van der Waals surface area contributed by atoms with E-state index in [0.29, 0.717) is 5.69 Å². The standard InChI is InChI=1S/C15H17F3N2OS/c1-11(20-8-2-3-9-20)10-14(21)19-12-4-6-13(7-5-12)22-15(16,17)18/h4-7,10H,2-3,8-9H2,1H3,(H,19,21). The van der Waals surface area contributed by atoms with Gasteiger partial charge >= 0.3 is 5.51 Å². The molecule has 1 heterocycles. The third-order valence-electron chi connectivity index (χ3n) is 3.30. The van der Waals surface area contributed by atoms with Gasteiger partial charge in [-0.1, -0.05) is 0 Å². The molecule has 1 fully saturated rings. The number of rotatable bonds is 4. The first-order chi connectivity index (χ1) is 10.3. The fourth-order valence-electron chi connectivity index (χ4n) is 2.27. The Morgan fingerprint density at radius 2 is 1.82 bits per heavy atom. The van der Waals surface area contributed by atoms with Gasteiger partial charge in [0.2, 0.25) is 5.91 Å². The Balaban J connectivity index is 1.92. The molecule has 0 aliphatic carbocycles. The monoisotopic (exact) mass is 330 g/mol. The number of nitrogens with one attached hydrogen (secondary N) is 1. The van der Waals surface area contributed by atoms with Gasteiger partial charge in [0.1, 0.15) is 0 Å². The van der Waals surface area contributed by atoms with Crippen molar-refractivity contribution >= 4 is 23.4 Å². The second kappa shape index (κ2) is 7.09. The zero-order valence-electron chi connectivity index (χ0n) is 12.1. The van der Waals surface area contributed by atoms with Crippen LogP contribution in [-0.4, -0.2) is 29.4 Å². The molecule has 1 aliphatic rings. The predicted molar refractivity (Wildman–Crippen MR) is 81.5 cm³/mol. The molecule has 1 aromatic rings. The van der Waals surface area contributed by atoms with Gasteiger partial charge in [-0.05, 0) is 55.8 Å². The molecule has 7 heteroatoms. The second-order valence-corrected chi connectivity index (χ2v) is 6.18. The average molecular weight is 330 g/mol. The summed E-state index contributed by atoms with van der Waals surface area (Å²) in [6.07, 6.45) is 3.78. The van der Waals surface area contributed by atoms with Crippen molar-refractivity contribution in [3.63, 3.8) is 0 Å². The number of halogens is 3. The van der Waals surface area contributed by atoms with Crippen molar-refractivity contribution in [1.82, 2.24) is 4.90 Å². The van der Waals surface area contributed by atoms with Gasteiger partial charge in [-0.2, -0.15) is 13.2 Å². The Labute approximate surface area is 131 Å². The van der Waals surface area contributed by atoms with Crippen molar-refractivity contribution in [2.24, 2.45) is 0 Å². The number of alkyl halides is 3. The Kier molecular flexibility index (Phi) is 5.39. The SMILES string of the molecule is CC(=CC(=O)Nc1ccc(SC(F)(F)F)cc1)N1CCCC1. The molecule has 2 rings (SSSR count). The summed E-state index contributed by atoms with van der Waals surface area (Å²) in [6, 6.07) is 5.60. The molecule has 1 N–H and O–H groups in total. The molecule has 0 radical (unpaired) electrons. The lowest BCUT2D eigenvalue weighted by Gasteiger charge is -2.17. The van der Waals surface area contributed by atoms with Gasteiger partial charge in [-0.3, -0.25) is 4.79 Å². The molecule has 3 nitrogen and oxygen atoms in total. The summed E-state index contributed by atoms with van der Waals surface area (Å²) in [5.74, 6) is -0.277. The highest BCUT2D eigenvalue weighted by Crippen LogP contribution is 2.37. The summed E-state index contributed by atoms with van der Waals surface area (Å²) >= 11 is -0.176. The first kappa shape index (κ1) is 16.7. The van der Waals surface area contributed by atoms with Crippen LogP contribution in [0, 0.1) is 0 Å². The molecule has 1 aromatic carbocycles. The van der Waals surface area contributed by atoms with E-state index in [-0.39, 0.29) is 22.6 Å². The van der Waals surface area contributed by atoms with Gasteiger partial charge in [0.15, 0.2) is 0 Å². The van der Waals surface area contributed by atoms with Gasteiger partial charge in [0.25, 0.3) is 0 Å². The number of likely N-dealkylation sites (tertiary alicyclic amines) is 1. The van der Waals surface area contributed by atoms with E-state index in [1.54, 1.807) is 0 Å². The van der Waals surface area contributed by atoms with Crippen LogP contribution < -0.4 is 5.32 Å². The summed E-state index contributed by atoms with van der Waals surface area (Å²) < 4.78 is 36.7. The van der Waals surface area contributed by atoms with Crippen LogP contribution in [0.3, 0.4) is 0 Å². The topological polar surface area (TPSA) is 32.3 Å². The number of hydrogen-bond donors (Lipinski definition) is 1. The Morgan fingerprint density at radius 1 is 1.23 bits per heavy atom. The largest absolute Gasteiger partial charge is 0.446 e. The highest BCUT2D eigenvalue weighted by Gasteiger charge is 2.29. The molecular weight excluding hydrogens is 313 g/mol. The van der Waals surface area contributed by atoms with Gasteiger partial charge < -0.3 is 10.2 Å². The molecule has 0 saturated carbocycles. The molecule has 22 heavy (non-hydrogen) atoms. The lowest BCUT2D eigenvalue weighted by Crippen LogP contribution is -2.19. The maximum Gasteiger partial charge on any atom is 0.446 e. The molecule has 120 valence electrons. The number of hydrogen-bond acceptors (Lipinski definition) is 3. The maximum atomic E-state index is 12.2. The van der Waals surface area contributed by atoms with E-state index < -0.39 is 5.51 Å². The molecule has 1 aliphatic heterocycles. The Hall–Kier alpha value is -1.63. The molecule has 0 bridgehead atoms. The number of anilines is 1. The fourth-order valence-corrected chi connectivity index (χ4v) is 2.81. The summed E-state index contributed by atoms with van der Waals surface area (Å²) in [6.45, 7) is 3.80. The van der Waals surface area contributed by atoms with Crippen LogP contribution in [0.15, 0.2) is 40.9 Å². The number of carbonyl (C=O) groups excluding carboxylic acids is 1. The molecule has 0 unspecified atom stereocenters. The van der Waals surface area contributed by atoms with Crippen molar-refractivity contribution in [2.75, 3.05) is 18.4 Å². The van der Waals surface area contributed by atoms with Crippen LogP contribution in [-0.2, 0) is 4.79 Å². The smallest absolute Gasteiger partial charge is 0.375 e. The van der Waals surface area contributed by atoms with Crippen LogP contribution in [0.25, 0.3) is 0 Å². The minimum Gasteiger partial charge on any atom is -0.375 e. The minimum absolute atomic E-state index is 0.0919. The molecule has 0 aromatic heterocycles. The van der Waals surface area contributed by atoms with E-state index in [1.807, 2.05) is 6.92 Å². The van der Waals surface area contributed by atoms with Gasteiger partial charge in [-0.15, -0.1) is 0 Å². The first-order valence-corrected chi connectivity index (χ1v) is 7.75. The van der Waals surface area contributed by atoms with Gasteiger partial charge in [-0.25, -0.2) is 0 Å². The summed E-state index contributed by atoms with van der Waals surface area (Å²) in [5.41, 5.74) is -2.93. The zero-order valence-corrected chi connectivity index (χ0v) is 12.9. The van der Waals surface area contributed by atoms with E-state index in [9.17, 15) is 18.0 Å². The van der Waals surface area contributed by atoms with Crippen LogP contribution >= 0.6 is 11.8 Å². The van der Waals surface area contributed by atoms with Crippen LogP contribution in [0.2, 0.25) is 0 Å². The number of amides is 1. The fraction of sp³-hybridized carbons (Fsp3) is 0.400. The van der Waals surface area contributed by atoms with E-state index in [1.165, 1.54) is 30.3 Å². The predicted octanol–water partition coefficient (Wildman–Crippen LogP) is 4.24.